The Labute approximate surface area is 169 Å². The van der Waals surface area contributed by atoms with Gasteiger partial charge in [0.05, 0.1) is 7.11 Å². The highest BCUT2D eigenvalue weighted by Crippen LogP contribution is 2.25. The van der Waals surface area contributed by atoms with Crippen molar-refractivity contribution in [3.05, 3.63) is 28.2 Å². The Morgan fingerprint density at radius 2 is 1.67 bits per heavy atom. The molecule has 2 rings (SSSR count). The van der Waals surface area contributed by atoms with Crippen molar-refractivity contribution < 1.29 is 24.5 Å². The van der Waals surface area contributed by atoms with Gasteiger partial charge in [0.2, 0.25) is 0 Å². The van der Waals surface area contributed by atoms with Gasteiger partial charge < -0.3 is 14.9 Å². The van der Waals surface area contributed by atoms with Crippen molar-refractivity contribution in [2.24, 2.45) is 0 Å². The number of carboxylic acids is 2. The molecule has 0 atom stereocenters. The Morgan fingerprint density at radius 3 is 2.11 bits per heavy atom. The highest BCUT2D eigenvalue weighted by Gasteiger charge is 2.22. The van der Waals surface area contributed by atoms with Gasteiger partial charge in [0.25, 0.3) is 0 Å². The number of piperazine rings is 1. The van der Waals surface area contributed by atoms with Gasteiger partial charge in [0.15, 0.2) is 0 Å². The lowest BCUT2D eigenvalue weighted by atomic mass is 10.1. The molecular weight excluding hydrogens is 416 g/mol. The van der Waals surface area contributed by atoms with E-state index in [-0.39, 0.29) is 0 Å². The van der Waals surface area contributed by atoms with Crippen molar-refractivity contribution in [2.45, 2.75) is 39.3 Å². The van der Waals surface area contributed by atoms with Gasteiger partial charge in [-0.2, -0.15) is 0 Å². The van der Waals surface area contributed by atoms with Crippen LogP contribution in [0.15, 0.2) is 22.7 Å². The zero-order valence-corrected chi connectivity index (χ0v) is 17.7. The standard InChI is InChI=1S/C17H27BrN2O.C2H2O4/c1-4-16(5-2)20-10-8-19(9-11-20)13-14-12-15(18)6-7-17(14)21-3;3-1(4)2(5)6/h6-7,12,16H,4-5,8-11,13H2,1-3H3;(H,3,4)(H,5,6). The zero-order valence-electron chi connectivity index (χ0n) is 16.2. The maximum absolute atomic E-state index is 9.10. The lowest BCUT2D eigenvalue weighted by Crippen LogP contribution is -2.49. The second kappa shape index (κ2) is 11.9. The number of ether oxygens (including phenoxy) is 1. The first-order valence-corrected chi connectivity index (χ1v) is 9.86. The van der Waals surface area contributed by atoms with Crippen LogP contribution < -0.4 is 4.74 Å². The van der Waals surface area contributed by atoms with E-state index in [4.69, 9.17) is 24.5 Å². The lowest BCUT2D eigenvalue weighted by Gasteiger charge is -2.39. The summed E-state index contributed by atoms with van der Waals surface area (Å²) >= 11 is 3.56. The highest BCUT2D eigenvalue weighted by atomic mass is 79.9. The van der Waals surface area contributed by atoms with Gasteiger partial charge in [-0.25, -0.2) is 9.59 Å². The van der Waals surface area contributed by atoms with Crippen molar-refractivity contribution in [2.75, 3.05) is 33.3 Å². The topological polar surface area (TPSA) is 90.3 Å². The Hall–Kier alpha value is -1.64. The third-order valence-electron chi connectivity index (χ3n) is 4.69. The van der Waals surface area contributed by atoms with Crippen molar-refractivity contribution in [3.63, 3.8) is 0 Å². The normalized spacial score (nSPS) is 15.1. The summed E-state index contributed by atoms with van der Waals surface area (Å²) in [5, 5.41) is 14.8. The molecule has 1 aliphatic rings. The molecule has 0 bridgehead atoms. The molecule has 7 nitrogen and oxygen atoms in total. The number of nitrogens with zero attached hydrogens (tertiary/aromatic N) is 2. The van der Waals surface area contributed by atoms with E-state index < -0.39 is 11.9 Å². The van der Waals surface area contributed by atoms with Crippen LogP contribution in [0.4, 0.5) is 0 Å². The number of aliphatic carboxylic acids is 2. The second-order valence-electron chi connectivity index (χ2n) is 6.35. The maximum Gasteiger partial charge on any atom is 0.414 e. The number of hydrogen-bond acceptors (Lipinski definition) is 5. The maximum atomic E-state index is 9.10. The molecule has 1 saturated heterocycles. The minimum atomic E-state index is -1.82. The van der Waals surface area contributed by atoms with Crippen LogP contribution in [0.25, 0.3) is 0 Å². The molecule has 8 heteroatoms. The fraction of sp³-hybridized carbons (Fsp3) is 0.579. The third kappa shape index (κ3) is 7.86. The molecule has 1 aliphatic heterocycles. The summed E-state index contributed by atoms with van der Waals surface area (Å²) in [6, 6.07) is 7.01. The molecule has 0 aromatic heterocycles. The molecule has 152 valence electrons. The minimum Gasteiger partial charge on any atom is -0.496 e. The smallest absolute Gasteiger partial charge is 0.414 e. The number of carbonyl (C=O) groups is 2. The van der Waals surface area contributed by atoms with E-state index in [0.717, 1.165) is 35.9 Å². The first kappa shape index (κ1) is 23.4. The Balaban J connectivity index is 0.000000527. The van der Waals surface area contributed by atoms with E-state index in [1.807, 2.05) is 12.1 Å². The highest BCUT2D eigenvalue weighted by molar-refractivity contribution is 9.10. The number of halogens is 1. The number of hydrogen-bond donors (Lipinski definition) is 2. The van der Waals surface area contributed by atoms with Crippen LogP contribution >= 0.6 is 15.9 Å². The SMILES string of the molecule is CCC(CC)N1CCN(Cc2cc(Br)ccc2OC)CC1.O=C(O)C(=O)O. The van der Waals surface area contributed by atoms with Gasteiger partial charge in [0, 0.05) is 48.8 Å². The molecule has 1 aromatic carbocycles. The van der Waals surface area contributed by atoms with E-state index in [2.05, 4.69) is 45.6 Å². The fourth-order valence-electron chi connectivity index (χ4n) is 3.20. The van der Waals surface area contributed by atoms with E-state index in [1.54, 1.807) is 7.11 Å². The molecule has 1 aromatic rings. The first-order valence-electron chi connectivity index (χ1n) is 9.07. The average Bonchev–Trinajstić information content (AvgIpc) is 2.65. The van der Waals surface area contributed by atoms with Crippen LogP contribution in [0.3, 0.4) is 0 Å². The predicted molar refractivity (Wildman–Crippen MR) is 107 cm³/mol. The van der Waals surface area contributed by atoms with Crippen molar-refractivity contribution in [1.82, 2.24) is 9.80 Å². The summed E-state index contributed by atoms with van der Waals surface area (Å²) in [4.78, 5) is 23.4. The van der Waals surface area contributed by atoms with Gasteiger partial charge >= 0.3 is 11.9 Å². The number of benzene rings is 1. The van der Waals surface area contributed by atoms with Crippen LogP contribution in [0.2, 0.25) is 0 Å². The van der Waals surface area contributed by atoms with E-state index in [1.165, 1.54) is 31.5 Å². The van der Waals surface area contributed by atoms with E-state index in [9.17, 15) is 0 Å². The molecule has 0 aliphatic carbocycles. The fourth-order valence-corrected chi connectivity index (χ4v) is 3.61. The first-order chi connectivity index (χ1) is 12.8. The van der Waals surface area contributed by atoms with Crippen molar-refractivity contribution >= 4 is 27.9 Å². The predicted octanol–water partition coefficient (Wildman–Crippen LogP) is 2.92. The van der Waals surface area contributed by atoms with Crippen molar-refractivity contribution in [3.8, 4) is 5.75 Å². The van der Waals surface area contributed by atoms with Crippen LogP contribution in [0.1, 0.15) is 32.3 Å². The second-order valence-corrected chi connectivity index (χ2v) is 7.26. The molecule has 0 spiro atoms. The number of methoxy groups -OCH3 is 1. The molecule has 0 unspecified atom stereocenters. The summed E-state index contributed by atoms with van der Waals surface area (Å²) in [6.45, 7) is 10.2. The Bertz CT molecular complexity index is 602. The van der Waals surface area contributed by atoms with Gasteiger partial charge in [-0.1, -0.05) is 29.8 Å². The van der Waals surface area contributed by atoms with Crippen LogP contribution in [-0.2, 0) is 16.1 Å². The van der Waals surface area contributed by atoms with Crippen molar-refractivity contribution in [1.29, 1.82) is 0 Å². The van der Waals surface area contributed by atoms with Gasteiger partial charge in [-0.15, -0.1) is 0 Å². The molecular formula is C19H29BrN2O5. The minimum absolute atomic E-state index is 0.757. The monoisotopic (exact) mass is 444 g/mol. The lowest BCUT2D eigenvalue weighted by molar-refractivity contribution is -0.159. The summed E-state index contributed by atoms with van der Waals surface area (Å²) in [7, 11) is 1.75. The van der Waals surface area contributed by atoms with Crippen LogP contribution in [-0.4, -0.2) is 71.3 Å². The molecule has 0 radical (unpaired) electrons. The number of carboxylic acid groups (broad SMARTS) is 2. The summed E-state index contributed by atoms with van der Waals surface area (Å²) in [6.07, 6.45) is 2.52. The van der Waals surface area contributed by atoms with Gasteiger partial charge in [0.1, 0.15) is 5.75 Å². The average molecular weight is 445 g/mol. The Morgan fingerprint density at radius 1 is 1.11 bits per heavy atom. The largest absolute Gasteiger partial charge is 0.496 e. The molecule has 1 heterocycles. The summed E-state index contributed by atoms with van der Waals surface area (Å²) < 4.78 is 6.60. The quantitative estimate of drug-likeness (QED) is 0.651. The number of rotatable bonds is 6. The molecule has 1 fully saturated rings. The molecule has 0 amide bonds. The summed E-state index contributed by atoms with van der Waals surface area (Å²) in [5.41, 5.74) is 1.27. The third-order valence-corrected chi connectivity index (χ3v) is 5.18. The van der Waals surface area contributed by atoms with E-state index >= 15 is 0 Å². The van der Waals surface area contributed by atoms with Gasteiger partial charge in [-0.3, -0.25) is 9.80 Å². The Kier molecular flexibility index (Phi) is 10.4. The molecule has 27 heavy (non-hydrogen) atoms. The summed E-state index contributed by atoms with van der Waals surface area (Å²) in [5.74, 6) is -2.66. The van der Waals surface area contributed by atoms with Gasteiger partial charge in [-0.05, 0) is 31.0 Å². The molecule has 2 N–H and O–H groups in total. The van der Waals surface area contributed by atoms with Crippen LogP contribution in [0.5, 0.6) is 5.75 Å². The molecule has 0 saturated carbocycles. The zero-order chi connectivity index (χ0) is 20.4. The van der Waals surface area contributed by atoms with Crippen LogP contribution in [0, 0.1) is 0 Å². The van der Waals surface area contributed by atoms with E-state index in [0.29, 0.717) is 0 Å².